The van der Waals surface area contributed by atoms with E-state index in [0.29, 0.717) is 0 Å². The van der Waals surface area contributed by atoms with Crippen LogP contribution in [0.15, 0.2) is 35.5 Å². The predicted molar refractivity (Wildman–Crippen MR) is 76.1 cm³/mol. The van der Waals surface area contributed by atoms with Crippen LogP contribution in [0.3, 0.4) is 0 Å². The average molecular weight is 288 g/mol. The van der Waals surface area contributed by atoms with E-state index in [-0.39, 0.29) is 10.9 Å². The van der Waals surface area contributed by atoms with Crippen LogP contribution in [-0.2, 0) is 28.4 Å². The number of sulfone groups is 1. The van der Waals surface area contributed by atoms with Crippen LogP contribution >= 0.6 is 0 Å². The zero-order chi connectivity index (χ0) is 14.2. The van der Waals surface area contributed by atoms with Crippen LogP contribution < -0.4 is 0 Å². The van der Waals surface area contributed by atoms with Gasteiger partial charge < -0.3 is 0 Å². The molecule has 0 bridgehead atoms. The third kappa shape index (κ3) is 2.45. The van der Waals surface area contributed by atoms with E-state index in [1.807, 2.05) is 25.1 Å². The van der Waals surface area contributed by atoms with Gasteiger partial charge in [0.25, 0.3) is 0 Å². The summed E-state index contributed by atoms with van der Waals surface area (Å²) in [5, 5.41) is -0.0282. The summed E-state index contributed by atoms with van der Waals surface area (Å²) in [5.41, 5.74) is 3.60. The Balaban J connectivity index is 1.98. The summed E-state index contributed by atoms with van der Waals surface area (Å²) in [6, 6.07) is 9.14. The second-order valence-corrected chi connectivity index (χ2v) is 7.00. The molecule has 0 radical (unpaired) electrons. The van der Waals surface area contributed by atoms with Gasteiger partial charge in [0, 0.05) is 11.4 Å². The molecule has 0 unspecified atom stereocenters. The van der Waals surface area contributed by atoms with Gasteiger partial charge in [-0.3, -0.25) is 0 Å². The summed E-state index contributed by atoms with van der Waals surface area (Å²) in [6.07, 6.45) is 2.85. The van der Waals surface area contributed by atoms with E-state index in [2.05, 4.69) is 9.97 Å². The SMILES string of the molecule is Cc1nc(S(=O)(=O)Cc2ccccc2)nc2c1CCC2. The van der Waals surface area contributed by atoms with Crippen LogP contribution in [0, 0.1) is 6.92 Å². The van der Waals surface area contributed by atoms with Crippen molar-refractivity contribution in [3.05, 3.63) is 52.8 Å². The zero-order valence-electron chi connectivity index (χ0n) is 11.3. The molecule has 0 N–H and O–H groups in total. The first kappa shape index (κ1) is 13.2. The highest BCUT2D eigenvalue weighted by molar-refractivity contribution is 7.90. The molecular formula is C15H16N2O2S. The summed E-state index contributed by atoms with van der Waals surface area (Å²) in [5.74, 6) is -0.0495. The highest BCUT2D eigenvalue weighted by Gasteiger charge is 2.24. The maximum absolute atomic E-state index is 12.4. The summed E-state index contributed by atoms with van der Waals surface area (Å²) in [6.45, 7) is 1.87. The van der Waals surface area contributed by atoms with E-state index >= 15 is 0 Å². The third-order valence-electron chi connectivity index (χ3n) is 3.60. The zero-order valence-corrected chi connectivity index (χ0v) is 12.2. The van der Waals surface area contributed by atoms with Gasteiger partial charge in [0.05, 0.1) is 5.75 Å². The Morgan fingerprint density at radius 3 is 2.60 bits per heavy atom. The molecule has 0 atom stereocenters. The molecule has 104 valence electrons. The molecule has 1 aliphatic rings. The number of aromatic nitrogens is 2. The Morgan fingerprint density at radius 2 is 1.85 bits per heavy atom. The molecule has 20 heavy (non-hydrogen) atoms. The molecule has 0 amide bonds. The molecule has 0 saturated heterocycles. The Morgan fingerprint density at radius 1 is 1.10 bits per heavy atom. The minimum absolute atomic E-state index is 0.0282. The third-order valence-corrected chi connectivity index (χ3v) is 5.05. The molecule has 1 aromatic heterocycles. The molecule has 1 aliphatic carbocycles. The lowest BCUT2D eigenvalue weighted by atomic mass is 10.2. The molecule has 0 aliphatic heterocycles. The molecule has 2 aromatic rings. The lowest BCUT2D eigenvalue weighted by Gasteiger charge is -2.08. The Hall–Kier alpha value is -1.75. The van der Waals surface area contributed by atoms with E-state index in [1.165, 1.54) is 0 Å². The number of hydrogen-bond acceptors (Lipinski definition) is 4. The van der Waals surface area contributed by atoms with Crippen molar-refractivity contribution in [2.45, 2.75) is 37.1 Å². The van der Waals surface area contributed by atoms with Crippen molar-refractivity contribution in [2.24, 2.45) is 0 Å². The summed E-state index contributed by atoms with van der Waals surface area (Å²) in [4.78, 5) is 8.50. The van der Waals surface area contributed by atoms with E-state index < -0.39 is 9.84 Å². The molecule has 5 heteroatoms. The number of rotatable bonds is 3. The molecule has 3 rings (SSSR count). The van der Waals surface area contributed by atoms with Gasteiger partial charge >= 0.3 is 0 Å². The fourth-order valence-corrected chi connectivity index (χ4v) is 3.88. The monoisotopic (exact) mass is 288 g/mol. The van der Waals surface area contributed by atoms with Gasteiger partial charge in [-0.15, -0.1) is 0 Å². The van der Waals surface area contributed by atoms with Crippen LogP contribution in [-0.4, -0.2) is 18.4 Å². The molecule has 0 saturated carbocycles. The quantitative estimate of drug-likeness (QED) is 0.813. The molecule has 0 spiro atoms. The molecule has 0 fully saturated rings. The second kappa shape index (κ2) is 4.98. The highest BCUT2D eigenvalue weighted by atomic mass is 32.2. The number of fused-ring (bicyclic) bond motifs is 1. The first-order chi connectivity index (χ1) is 9.56. The van der Waals surface area contributed by atoms with Gasteiger partial charge in [-0.2, -0.15) is 0 Å². The first-order valence-electron chi connectivity index (χ1n) is 6.69. The number of aryl methyl sites for hydroxylation is 2. The van der Waals surface area contributed by atoms with Gasteiger partial charge in [0.2, 0.25) is 15.0 Å². The van der Waals surface area contributed by atoms with Gasteiger partial charge in [0.15, 0.2) is 0 Å². The van der Waals surface area contributed by atoms with Crippen LogP contribution in [0.25, 0.3) is 0 Å². The Labute approximate surface area is 118 Å². The summed E-state index contributed by atoms with van der Waals surface area (Å²) >= 11 is 0. The Kier molecular flexibility index (Phi) is 3.30. The van der Waals surface area contributed by atoms with Crippen LogP contribution in [0.1, 0.15) is 28.9 Å². The van der Waals surface area contributed by atoms with Crippen LogP contribution in [0.4, 0.5) is 0 Å². The fourth-order valence-electron chi connectivity index (χ4n) is 2.59. The minimum atomic E-state index is -3.48. The summed E-state index contributed by atoms with van der Waals surface area (Å²) in [7, 11) is -3.48. The van der Waals surface area contributed by atoms with E-state index in [0.717, 1.165) is 41.8 Å². The average Bonchev–Trinajstić information content (AvgIpc) is 2.88. The van der Waals surface area contributed by atoms with Crippen molar-refractivity contribution < 1.29 is 8.42 Å². The van der Waals surface area contributed by atoms with Crippen molar-refractivity contribution in [2.75, 3.05) is 0 Å². The lowest BCUT2D eigenvalue weighted by molar-refractivity contribution is 0.584. The van der Waals surface area contributed by atoms with E-state index in [4.69, 9.17) is 0 Å². The first-order valence-corrected chi connectivity index (χ1v) is 8.34. The fraction of sp³-hybridized carbons (Fsp3) is 0.333. The van der Waals surface area contributed by atoms with Gasteiger partial charge in [-0.1, -0.05) is 30.3 Å². The van der Waals surface area contributed by atoms with Gasteiger partial charge in [-0.25, -0.2) is 18.4 Å². The maximum Gasteiger partial charge on any atom is 0.247 e. The van der Waals surface area contributed by atoms with Crippen molar-refractivity contribution in [3.63, 3.8) is 0 Å². The maximum atomic E-state index is 12.4. The highest BCUT2D eigenvalue weighted by Crippen LogP contribution is 2.24. The molecule has 1 aromatic carbocycles. The van der Waals surface area contributed by atoms with Crippen molar-refractivity contribution in [1.29, 1.82) is 0 Å². The normalized spacial score (nSPS) is 14.2. The van der Waals surface area contributed by atoms with Crippen molar-refractivity contribution >= 4 is 9.84 Å². The topological polar surface area (TPSA) is 59.9 Å². The molecule has 1 heterocycles. The van der Waals surface area contributed by atoms with Crippen LogP contribution in [0.5, 0.6) is 0 Å². The van der Waals surface area contributed by atoms with Crippen molar-refractivity contribution in [3.8, 4) is 0 Å². The lowest BCUT2D eigenvalue weighted by Crippen LogP contribution is -2.12. The number of hydrogen-bond donors (Lipinski definition) is 0. The minimum Gasteiger partial charge on any atom is -0.223 e. The number of nitrogens with zero attached hydrogens (tertiary/aromatic N) is 2. The largest absolute Gasteiger partial charge is 0.247 e. The van der Waals surface area contributed by atoms with E-state index in [1.54, 1.807) is 12.1 Å². The molecule has 4 nitrogen and oxygen atoms in total. The molecular weight excluding hydrogens is 272 g/mol. The van der Waals surface area contributed by atoms with Crippen molar-refractivity contribution in [1.82, 2.24) is 9.97 Å². The summed E-state index contributed by atoms with van der Waals surface area (Å²) < 4.78 is 24.9. The standard InChI is InChI=1S/C15H16N2O2S/c1-11-13-8-5-9-14(13)17-15(16-11)20(18,19)10-12-6-3-2-4-7-12/h2-4,6-7H,5,8-10H2,1H3. The van der Waals surface area contributed by atoms with Gasteiger partial charge in [0.1, 0.15) is 0 Å². The number of benzene rings is 1. The van der Waals surface area contributed by atoms with E-state index in [9.17, 15) is 8.42 Å². The predicted octanol–water partition coefficient (Wildman–Crippen LogP) is 2.25. The van der Waals surface area contributed by atoms with Crippen LogP contribution in [0.2, 0.25) is 0 Å². The second-order valence-electron chi connectivity index (χ2n) is 5.12. The Bertz CT molecular complexity index is 740. The van der Waals surface area contributed by atoms with Gasteiger partial charge in [-0.05, 0) is 37.3 Å². The smallest absolute Gasteiger partial charge is 0.223 e.